The number of anilines is 2. The predicted molar refractivity (Wildman–Crippen MR) is 112 cm³/mol. The second-order valence-corrected chi connectivity index (χ2v) is 7.83. The number of hydrogen-bond acceptors (Lipinski definition) is 4. The van der Waals surface area contributed by atoms with Crippen LogP contribution in [0.1, 0.15) is 26.7 Å². The Balaban J connectivity index is 1.96. The Kier molecular flexibility index (Phi) is 4.94. The van der Waals surface area contributed by atoms with Gasteiger partial charge in [-0.2, -0.15) is 0 Å². The summed E-state index contributed by atoms with van der Waals surface area (Å²) in [5, 5.41) is 0. The van der Waals surface area contributed by atoms with Gasteiger partial charge in [-0.3, -0.25) is 13.9 Å². The van der Waals surface area contributed by atoms with Gasteiger partial charge in [0, 0.05) is 25.6 Å². The molecule has 0 aliphatic carbocycles. The first-order chi connectivity index (χ1) is 14.0. The van der Waals surface area contributed by atoms with Crippen molar-refractivity contribution in [2.45, 2.75) is 39.8 Å². The van der Waals surface area contributed by atoms with Crippen LogP contribution in [0.3, 0.4) is 0 Å². The van der Waals surface area contributed by atoms with E-state index in [0.717, 1.165) is 43.3 Å². The minimum Gasteiger partial charge on any atom is -0.497 e. The van der Waals surface area contributed by atoms with E-state index in [0.29, 0.717) is 23.6 Å². The fourth-order valence-corrected chi connectivity index (χ4v) is 4.10. The zero-order chi connectivity index (χ0) is 20.7. The van der Waals surface area contributed by atoms with Crippen LogP contribution in [0.5, 0.6) is 5.75 Å². The molecule has 3 aromatic rings. The van der Waals surface area contributed by atoms with Crippen LogP contribution in [0.4, 0.5) is 11.6 Å². The lowest BCUT2D eigenvalue weighted by Gasteiger charge is -2.26. The van der Waals surface area contributed by atoms with Crippen molar-refractivity contribution in [2.75, 3.05) is 18.6 Å². The predicted octanol–water partition coefficient (Wildman–Crippen LogP) is 1.91. The summed E-state index contributed by atoms with van der Waals surface area (Å²) in [5.74, 6) is 1.92. The Morgan fingerprint density at radius 1 is 1.31 bits per heavy atom. The first-order valence-corrected chi connectivity index (χ1v) is 10.1. The van der Waals surface area contributed by atoms with Crippen LogP contribution in [0.25, 0.3) is 11.2 Å². The van der Waals surface area contributed by atoms with Crippen molar-refractivity contribution in [1.29, 1.82) is 0 Å². The van der Waals surface area contributed by atoms with Gasteiger partial charge in [0.2, 0.25) is 11.2 Å². The highest BCUT2D eigenvalue weighted by molar-refractivity contribution is 5.70. The second-order valence-electron chi connectivity index (χ2n) is 7.83. The smallest absolute Gasteiger partial charge is 0.364 e. The highest BCUT2D eigenvalue weighted by Gasteiger charge is 2.36. The highest BCUT2D eigenvalue weighted by Crippen LogP contribution is 2.30. The van der Waals surface area contributed by atoms with E-state index in [1.165, 1.54) is 4.57 Å². The number of hydrogen-bond donors (Lipinski definition) is 1. The third-order valence-electron chi connectivity index (χ3n) is 5.63. The molecule has 0 amide bonds. The molecule has 0 spiro atoms. The lowest BCUT2D eigenvalue weighted by molar-refractivity contribution is -0.669. The zero-order valence-corrected chi connectivity index (χ0v) is 17.4. The Labute approximate surface area is 169 Å². The summed E-state index contributed by atoms with van der Waals surface area (Å²) in [6.07, 6.45) is 1.72. The molecule has 29 heavy (non-hydrogen) atoms. The van der Waals surface area contributed by atoms with Gasteiger partial charge >= 0.3 is 11.6 Å². The zero-order valence-electron chi connectivity index (χ0n) is 17.4. The van der Waals surface area contributed by atoms with Crippen LogP contribution in [0.2, 0.25) is 0 Å². The molecule has 154 valence electrons. The molecule has 0 saturated carbocycles. The molecule has 2 aromatic heterocycles. The molecule has 1 aliphatic heterocycles. The minimum atomic E-state index is -0.281. The number of ether oxygens (including phenoxy) is 1. The molecule has 1 aromatic carbocycles. The van der Waals surface area contributed by atoms with Crippen LogP contribution in [-0.2, 0) is 20.1 Å². The van der Waals surface area contributed by atoms with Crippen molar-refractivity contribution in [3.8, 4) is 5.75 Å². The normalized spacial score (nSPS) is 16.3. The number of nitrogens with zero attached hydrogens (tertiary/aromatic N) is 4. The van der Waals surface area contributed by atoms with Crippen molar-refractivity contribution in [1.82, 2.24) is 14.1 Å². The maximum atomic E-state index is 13.3. The van der Waals surface area contributed by atoms with E-state index in [2.05, 4.69) is 23.7 Å². The third-order valence-corrected chi connectivity index (χ3v) is 5.63. The van der Waals surface area contributed by atoms with Gasteiger partial charge in [0.25, 0.3) is 5.56 Å². The van der Waals surface area contributed by atoms with Gasteiger partial charge in [0.05, 0.1) is 20.2 Å². The lowest BCUT2D eigenvalue weighted by Crippen LogP contribution is -2.52. The van der Waals surface area contributed by atoms with Gasteiger partial charge in [-0.25, -0.2) is 19.2 Å². The van der Waals surface area contributed by atoms with Gasteiger partial charge in [0.1, 0.15) is 11.4 Å². The molecule has 1 N–H and O–H groups in total. The average Bonchev–Trinajstić information content (AvgIpc) is 3.11. The summed E-state index contributed by atoms with van der Waals surface area (Å²) in [6.45, 7) is 6.18. The molecule has 0 saturated heterocycles. The van der Waals surface area contributed by atoms with Gasteiger partial charge in [-0.05, 0) is 18.6 Å². The van der Waals surface area contributed by atoms with Gasteiger partial charge in [0.15, 0.2) is 0 Å². The summed E-state index contributed by atoms with van der Waals surface area (Å²) >= 11 is 0. The number of aromatic nitrogens is 4. The number of nitrogens with one attached hydrogen (secondary N) is 1. The van der Waals surface area contributed by atoms with Gasteiger partial charge < -0.3 is 4.74 Å². The van der Waals surface area contributed by atoms with Crippen LogP contribution in [0, 0.1) is 5.92 Å². The highest BCUT2D eigenvalue weighted by atomic mass is 16.5. The fourth-order valence-electron chi connectivity index (χ4n) is 4.10. The van der Waals surface area contributed by atoms with Crippen LogP contribution >= 0.6 is 0 Å². The Morgan fingerprint density at radius 3 is 2.83 bits per heavy atom. The molecule has 0 radical (unpaired) electrons. The molecule has 4 rings (SSSR count). The Morgan fingerprint density at radius 2 is 2.10 bits per heavy atom. The monoisotopic (exact) mass is 398 g/mol. The number of imidazole rings is 1. The van der Waals surface area contributed by atoms with E-state index in [-0.39, 0.29) is 11.2 Å². The van der Waals surface area contributed by atoms with Crippen LogP contribution in [0.15, 0.2) is 33.9 Å². The summed E-state index contributed by atoms with van der Waals surface area (Å²) in [4.78, 5) is 31.6. The molecule has 0 fully saturated rings. The molecular formula is C21H28N5O3+. The van der Waals surface area contributed by atoms with Gasteiger partial charge in [-0.15, -0.1) is 0 Å². The first kappa shape index (κ1) is 19.3. The largest absolute Gasteiger partial charge is 0.497 e. The number of aromatic amines is 1. The summed E-state index contributed by atoms with van der Waals surface area (Å²) < 4.78 is 10.3. The number of benzene rings is 1. The molecule has 3 heterocycles. The molecule has 8 nitrogen and oxygen atoms in total. The number of rotatable bonds is 5. The first-order valence-electron chi connectivity index (χ1n) is 10.1. The van der Waals surface area contributed by atoms with E-state index in [1.807, 2.05) is 28.8 Å². The molecule has 8 heteroatoms. The third kappa shape index (κ3) is 3.12. The minimum absolute atomic E-state index is 0.223. The van der Waals surface area contributed by atoms with Crippen molar-refractivity contribution in [3.05, 3.63) is 45.1 Å². The van der Waals surface area contributed by atoms with Crippen LogP contribution in [-0.4, -0.2) is 27.8 Å². The summed E-state index contributed by atoms with van der Waals surface area (Å²) in [5.41, 5.74) is 1.59. The maximum Gasteiger partial charge on any atom is 0.364 e. The molecule has 1 aliphatic rings. The van der Waals surface area contributed by atoms with Crippen molar-refractivity contribution < 1.29 is 9.30 Å². The summed E-state index contributed by atoms with van der Waals surface area (Å²) in [7, 11) is 3.37. The standard InChI is InChI=1S/C21H27N5O3/c1-5-6-10-24-19(27)17-18(23(3)21(24)28)22-20-25(12-14(2)13-26(17)20)15-8-7-9-16(11-15)29-4/h7-9,11,14H,5-6,10,12-13H2,1-4H3/p+1/t14-/m0/s1. The fraction of sp³-hybridized carbons (Fsp3) is 0.476. The topological polar surface area (TPSA) is 76.1 Å². The van der Waals surface area contributed by atoms with Crippen molar-refractivity contribution in [2.24, 2.45) is 13.0 Å². The summed E-state index contributed by atoms with van der Waals surface area (Å²) in [6, 6.07) is 7.86. The number of H-pyrrole nitrogens is 1. The van der Waals surface area contributed by atoms with E-state index in [1.54, 1.807) is 18.7 Å². The lowest BCUT2D eigenvalue weighted by atomic mass is 10.1. The number of unbranched alkanes of at least 4 members (excludes halogenated alkanes) is 1. The Hall–Kier alpha value is -3.03. The van der Waals surface area contributed by atoms with Crippen LogP contribution < -0.4 is 25.5 Å². The molecular weight excluding hydrogens is 370 g/mol. The second kappa shape index (κ2) is 7.42. The molecule has 1 atom stereocenters. The SMILES string of the molecule is CCCCn1c(=O)c2c([nH]c3[n+]2C[C@@H](C)CN3c2cccc(OC)c2)n(C)c1=O. The van der Waals surface area contributed by atoms with E-state index < -0.39 is 0 Å². The van der Waals surface area contributed by atoms with E-state index in [4.69, 9.17) is 4.74 Å². The Bertz CT molecular complexity index is 1170. The number of aryl methyl sites for hydroxylation is 1. The number of fused-ring (bicyclic) bond motifs is 3. The average molecular weight is 398 g/mol. The quantitative estimate of drug-likeness (QED) is 0.666. The van der Waals surface area contributed by atoms with E-state index in [9.17, 15) is 9.59 Å². The van der Waals surface area contributed by atoms with Gasteiger partial charge in [-0.1, -0.05) is 26.3 Å². The molecule has 0 bridgehead atoms. The van der Waals surface area contributed by atoms with Crippen molar-refractivity contribution in [3.63, 3.8) is 0 Å². The maximum absolute atomic E-state index is 13.3. The van der Waals surface area contributed by atoms with Crippen molar-refractivity contribution >= 4 is 22.8 Å². The van der Waals surface area contributed by atoms with E-state index >= 15 is 0 Å². The molecule has 0 unspecified atom stereocenters. The number of methoxy groups -OCH3 is 1.